The molecule has 4 rings (SSSR count). The first-order valence-electron chi connectivity index (χ1n) is 10.6. The standard InChI is InChI=1S/C24H27N3O3/c28-21(13-16-27-22(29)24(26-23(27)30)14-7-8-15-24)25-20(19-11-5-2-6-12-19)17-18-9-3-1-4-10-18/h1-6,9-12,20H,7-8,13-17H2,(H,25,28)(H,26,30). The van der Waals surface area contributed by atoms with Crippen molar-refractivity contribution in [2.45, 2.75) is 50.1 Å². The Morgan fingerprint density at radius 2 is 1.63 bits per heavy atom. The number of nitrogens with zero attached hydrogens (tertiary/aromatic N) is 1. The lowest BCUT2D eigenvalue weighted by Crippen LogP contribution is -2.44. The molecule has 6 heteroatoms. The van der Waals surface area contributed by atoms with Gasteiger partial charge in [-0.1, -0.05) is 73.5 Å². The van der Waals surface area contributed by atoms with E-state index in [1.165, 1.54) is 4.90 Å². The number of carbonyl (C=O) groups is 3. The molecule has 1 spiro atoms. The van der Waals surface area contributed by atoms with E-state index in [4.69, 9.17) is 0 Å². The number of benzene rings is 2. The maximum absolute atomic E-state index is 12.7. The molecule has 1 atom stereocenters. The van der Waals surface area contributed by atoms with Crippen molar-refractivity contribution in [2.24, 2.45) is 0 Å². The monoisotopic (exact) mass is 405 g/mol. The van der Waals surface area contributed by atoms with E-state index < -0.39 is 5.54 Å². The van der Waals surface area contributed by atoms with Gasteiger partial charge in [-0.2, -0.15) is 0 Å². The highest BCUT2D eigenvalue weighted by Gasteiger charge is 2.52. The van der Waals surface area contributed by atoms with Gasteiger partial charge in [-0.3, -0.25) is 14.5 Å². The number of imide groups is 1. The Bertz CT molecular complexity index is 908. The van der Waals surface area contributed by atoms with E-state index in [0.29, 0.717) is 19.3 Å². The summed E-state index contributed by atoms with van der Waals surface area (Å²) in [6.45, 7) is 0.102. The molecule has 0 bridgehead atoms. The molecule has 2 aliphatic rings. The summed E-state index contributed by atoms with van der Waals surface area (Å²) >= 11 is 0. The molecule has 2 aromatic carbocycles. The van der Waals surface area contributed by atoms with Crippen LogP contribution in [-0.2, 0) is 16.0 Å². The van der Waals surface area contributed by atoms with Gasteiger partial charge in [0.15, 0.2) is 0 Å². The topological polar surface area (TPSA) is 78.5 Å². The van der Waals surface area contributed by atoms with E-state index in [2.05, 4.69) is 10.6 Å². The SMILES string of the molecule is O=C(CCN1C(=O)NC2(CCCC2)C1=O)NC(Cc1ccccc1)c1ccccc1. The summed E-state index contributed by atoms with van der Waals surface area (Å²) in [5, 5.41) is 5.95. The lowest BCUT2D eigenvalue weighted by atomic mass is 9.98. The Hall–Kier alpha value is -3.15. The van der Waals surface area contributed by atoms with Crippen LogP contribution in [0.5, 0.6) is 0 Å². The lowest BCUT2D eigenvalue weighted by Gasteiger charge is -2.21. The third kappa shape index (κ3) is 4.22. The van der Waals surface area contributed by atoms with Crippen LogP contribution < -0.4 is 10.6 Å². The summed E-state index contributed by atoms with van der Waals surface area (Å²) in [6.07, 6.45) is 4.02. The minimum Gasteiger partial charge on any atom is -0.349 e. The molecule has 2 fully saturated rings. The number of carbonyl (C=O) groups excluding carboxylic acids is 3. The van der Waals surface area contributed by atoms with Gasteiger partial charge in [0.05, 0.1) is 6.04 Å². The van der Waals surface area contributed by atoms with Gasteiger partial charge in [0.2, 0.25) is 5.91 Å². The van der Waals surface area contributed by atoms with E-state index in [1.807, 2.05) is 60.7 Å². The maximum Gasteiger partial charge on any atom is 0.325 e. The third-order valence-corrected chi connectivity index (χ3v) is 6.09. The molecule has 0 aromatic heterocycles. The number of amides is 4. The van der Waals surface area contributed by atoms with E-state index in [-0.39, 0.29) is 36.9 Å². The Morgan fingerprint density at radius 1 is 1.00 bits per heavy atom. The summed E-state index contributed by atoms with van der Waals surface area (Å²) in [7, 11) is 0. The summed E-state index contributed by atoms with van der Waals surface area (Å²) in [4.78, 5) is 39.0. The van der Waals surface area contributed by atoms with Crippen molar-refractivity contribution >= 4 is 17.8 Å². The van der Waals surface area contributed by atoms with Gasteiger partial charge in [-0.15, -0.1) is 0 Å². The zero-order valence-corrected chi connectivity index (χ0v) is 17.0. The first-order valence-corrected chi connectivity index (χ1v) is 10.6. The molecule has 6 nitrogen and oxygen atoms in total. The molecule has 1 heterocycles. The smallest absolute Gasteiger partial charge is 0.325 e. The molecular weight excluding hydrogens is 378 g/mol. The quantitative estimate of drug-likeness (QED) is 0.694. The van der Waals surface area contributed by atoms with Gasteiger partial charge in [-0.05, 0) is 30.4 Å². The van der Waals surface area contributed by atoms with Gasteiger partial charge in [0.25, 0.3) is 5.91 Å². The van der Waals surface area contributed by atoms with E-state index in [0.717, 1.165) is 24.0 Å². The van der Waals surface area contributed by atoms with Gasteiger partial charge in [0, 0.05) is 13.0 Å². The van der Waals surface area contributed by atoms with Crippen LogP contribution in [0.4, 0.5) is 4.79 Å². The van der Waals surface area contributed by atoms with Crippen molar-refractivity contribution in [3.63, 3.8) is 0 Å². The Balaban J connectivity index is 1.39. The van der Waals surface area contributed by atoms with Crippen molar-refractivity contribution in [1.82, 2.24) is 15.5 Å². The summed E-state index contributed by atoms with van der Waals surface area (Å²) in [5.41, 5.74) is 1.42. The second-order valence-electron chi connectivity index (χ2n) is 8.15. The Labute approximate surface area is 176 Å². The first-order chi connectivity index (χ1) is 14.6. The third-order valence-electron chi connectivity index (χ3n) is 6.09. The number of nitrogens with one attached hydrogen (secondary N) is 2. The van der Waals surface area contributed by atoms with Gasteiger partial charge in [-0.25, -0.2) is 4.79 Å². The van der Waals surface area contributed by atoms with Crippen molar-refractivity contribution < 1.29 is 14.4 Å². The second kappa shape index (κ2) is 8.69. The second-order valence-corrected chi connectivity index (χ2v) is 8.15. The predicted molar refractivity (Wildman–Crippen MR) is 114 cm³/mol. The highest BCUT2D eigenvalue weighted by atomic mass is 16.2. The first kappa shape index (κ1) is 20.1. The van der Waals surface area contributed by atoms with E-state index in [9.17, 15) is 14.4 Å². The summed E-state index contributed by atoms with van der Waals surface area (Å²) < 4.78 is 0. The number of rotatable bonds is 7. The minimum atomic E-state index is -0.729. The fraction of sp³-hybridized carbons (Fsp3) is 0.375. The Kier molecular flexibility index (Phi) is 5.84. The predicted octanol–water partition coefficient (Wildman–Crippen LogP) is 3.34. The summed E-state index contributed by atoms with van der Waals surface area (Å²) in [6, 6.07) is 19.3. The number of hydrogen-bond donors (Lipinski definition) is 2. The highest BCUT2D eigenvalue weighted by molar-refractivity contribution is 6.07. The molecule has 156 valence electrons. The van der Waals surface area contributed by atoms with Crippen molar-refractivity contribution in [2.75, 3.05) is 6.54 Å². The molecule has 1 unspecified atom stereocenters. The van der Waals surface area contributed by atoms with Crippen LogP contribution in [0.2, 0.25) is 0 Å². The van der Waals surface area contributed by atoms with Crippen LogP contribution in [0.1, 0.15) is 49.3 Å². The molecule has 0 radical (unpaired) electrons. The van der Waals surface area contributed by atoms with E-state index >= 15 is 0 Å². The molecule has 1 aliphatic carbocycles. The van der Waals surface area contributed by atoms with Gasteiger partial charge >= 0.3 is 6.03 Å². The minimum absolute atomic E-state index is 0.0906. The zero-order chi connectivity index (χ0) is 21.0. The summed E-state index contributed by atoms with van der Waals surface area (Å²) in [5.74, 6) is -0.352. The largest absolute Gasteiger partial charge is 0.349 e. The molecule has 1 aliphatic heterocycles. The Morgan fingerprint density at radius 3 is 2.30 bits per heavy atom. The number of urea groups is 1. The van der Waals surface area contributed by atoms with Crippen LogP contribution >= 0.6 is 0 Å². The van der Waals surface area contributed by atoms with Crippen LogP contribution in [0.25, 0.3) is 0 Å². The average Bonchev–Trinajstić information content (AvgIpc) is 3.32. The van der Waals surface area contributed by atoms with Gasteiger partial charge < -0.3 is 10.6 Å². The van der Waals surface area contributed by atoms with Crippen LogP contribution in [0, 0.1) is 0 Å². The number of hydrogen-bond acceptors (Lipinski definition) is 3. The zero-order valence-electron chi connectivity index (χ0n) is 17.0. The van der Waals surface area contributed by atoms with Crippen molar-refractivity contribution in [3.8, 4) is 0 Å². The molecule has 2 N–H and O–H groups in total. The lowest BCUT2D eigenvalue weighted by molar-refractivity contribution is -0.131. The van der Waals surface area contributed by atoms with E-state index in [1.54, 1.807) is 0 Å². The van der Waals surface area contributed by atoms with Crippen molar-refractivity contribution in [3.05, 3.63) is 71.8 Å². The maximum atomic E-state index is 12.7. The molecule has 30 heavy (non-hydrogen) atoms. The van der Waals surface area contributed by atoms with Crippen LogP contribution in [-0.4, -0.2) is 34.8 Å². The average molecular weight is 405 g/mol. The van der Waals surface area contributed by atoms with Crippen molar-refractivity contribution in [1.29, 1.82) is 0 Å². The van der Waals surface area contributed by atoms with Crippen LogP contribution in [0.3, 0.4) is 0 Å². The molecule has 4 amide bonds. The van der Waals surface area contributed by atoms with Crippen LogP contribution in [0.15, 0.2) is 60.7 Å². The van der Waals surface area contributed by atoms with Gasteiger partial charge in [0.1, 0.15) is 5.54 Å². The normalized spacial score (nSPS) is 18.5. The fourth-order valence-corrected chi connectivity index (χ4v) is 4.46. The fourth-order valence-electron chi connectivity index (χ4n) is 4.46. The molecule has 2 aromatic rings. The molecule has 1 saturated carbocycles. The molecular formula is C24H27N3O3. The molecule has 1 saturated heterocycles. The highest BCUT2D eigenvalue weighted by Crippen LogP contribution is 2.35.